The Bertz CT molecular complexity index is 420. The van der Waals surface area contributed by atoms with Crippen LogP contribution in [0.25, 0.3) is 0 Å². The van der Waals surface area contributed by atoms with Gasteiger partial charge in [0.25, 0.3) is 0 Å². The number of carbonyl (C=O) groups excluding carboxylic acids is 1. The minimum absolute atomic E-state index is 0.343. The van der Waals surface area contributed by atoms with Crippen LogP contribution < -0.4 is 4.90 Å². The molecule has 17 heavy (non-hydrogen) atoms. The van der Waals surface area contributed by atoms with E-state index in [2.05, 4.69) is 16.8 Å². The maximum absolute atomic E-state index is 11.5. The molecule has 94 valence electrons. The Labute approximate surface area is 109 Å². The topological polar surface area (TPSA) is 42.4 Å². The highest BCUT2D eigenvalue weighted by Crippen LogP contribution is 2.29. The van der Waals surface area contributed by atoms with Crippen LogP contribution in [0.15, 0.2) is 0 Å². The van der Waals surface area contributed by atoms with E-state index in [1.54, 1.807) is 11.3 Å². The smallest absolute Gasteiger partial charge is 0.357 e. The minimum Gasteiger partial charge on any atom is -0.464 e. The molecule has 1 aliphatic rings. The molecule has 4 nitrogen and oxygen atoms in total. The predicted molar refractivity (Wildman–Crippen MR) is 72.3 cm³/mol. The molecular formula is C11H16N2O2S2. The Morgan fingerprint density at radius 2 is 2.35 bits per heavy atom. The summed E-state index contributed by atoms with van der Waals surface area (Å²) in [5.41, 5.74) is 0.457. The van der Waals surface area contributed by atoms with Crippen LogP contribution in [0.2, 0.25) is 0 Å². The molecule has 0 aliphatic carbocycles. The number of aromatic nitrogens is 1. The zero-order chi connectivity index (χ0) is 12.4. The maximum atomic E-state index is 11.5. The number of thioether (sulfide) groups is 1. The van der Waals surface area contributed by atoms with Crippen LogP contribution in [0.1, 0.15) is 22.3 Å². The highest BCUT2D eigenvalue weighted by atomic mass is 32.2. The second-order valence-corrected chi connectivity index (χ2v) is 6.75. The van der Waals surface area contributed by atoms with Gasteiger partial charge in [-0.15, -0.1) is 11.3 Å². The Hall–Kier alpha value is -0.750. The van der Waals surface area contributed by atoms with Crippen LogP contribution in [0.4, 0.5) is 5.13 Å². The second kappa shape index (κ2) is 5.27. The SMILES string of the molecule is COC(=O)c1nc(N2CCSC(C)C2)sc1C. The molecule has 0 radical (unpaired) electrons. The average Bonchev–Trinajstić information content (AvgIpc) is 2.70. The van der Waals surface area contributed by atoms with E-state index in [4.69, 9.17) is 4.74 Å². The van der Waals surface area contributed by atoms with Crippen molar-refractivity contribution in [3.8, 4) is 0 Å². The molecule has 0 aromatic carbocycles. The minimum atomic E-state index is -0.343. The molecule has 0 bridgehead atoms. The molecule has 1 unspecified atom stereocenters. The first kappa shape index (κ1) is 12.7. The van der Waals surface area contributed by atoms with Crippen LogP contribution in [0.5, 0.6) is 0 Å². The summed E-state index contributed by atoms with van der Waals surface area (Å²) in [7, 11) is 1.39. The van der Waals surface area contributed by atoms with E-state index < -0.39 is 0 Å². The number of aryl methyl sites for hydroxylation is 1. The number of nitrogens with zero attached hydrogens (tertiary/aromatic N) is 2. The van der Waals surface area contributed by atoms with Gasteiger partial charge >= 0.3 is 5.97 Å². The highest BCUT2D eigenvalue weighted by molar-refractivity contribution is 8.00. The van der Waals surface area contributed by atoms with Crippen molar-refractivity contribution in [1.29, 1.82) is 0 Å². The fraction of sp³-hybridized carbons (Fsp3) is 0.636. The second-order valence-electron chi connectivity index (χ2n) is 4.02. The van der Waals surface area contributed by atoms with Gasteiger partial charge in [-0.05, 0) is 6.92 Å². The third-order valence-corrected chi connectivity index (χ3v) is 4.84. The van der Waals surface area contributed by atoms with Crippen molar-refractivity contribution >= 4 is 34.2 Å². The van der Waals surface area contributed by atoms with Gasteiger partial charge in [0.15, 0.2) is 10.8 Å². The van der Waals surface area contributed by atoms with E-state index in [0.29, 0.717) is 10.9 Å². The van der Waals surface area contributed by atoms with Crippen molar-refractivity contribution in [2.75, 3.05) is 30.9 Å². The maximum Gasteiger partial charge on any atom is 0.357 e. The number of thiazole rings is 1. The number of rotatable bonds is 2. The van der Waals surface area contributed by atoms with Gasteiger partial charge in [-0.2, -0.15) is 11.8 Å². The van der Waals surface area contributed by atoms with Crippen molar-refractivity contribution in [2.45, 2.75) is 19.1 Å². The Balaban J connectivity index is 2.19. The van der Waals surface area contributed by atoms with Crippen LogP contribution >= 0.6 is 23.1 Å². The quantitative estimate of drug-likeness (QED) is 0.772. The predicted octanol–water partition coefficient (Wildman–Crippen LogP) is 2.18. The van der Waals surface area contributed by atoms with Gasteiger partial charge in [0.1, 0.15) is 0 Å². The summed E-state index contributed by atoms with van der Waals surface area (Å²) in [5.74, 6) is 0.775. The molecule has 1 aromatic heterocycles. The number of ether oxygens (including phenoxy) is 1. The Morgan fingerprint density at radius 1 is 1.59 bits per heavy atom. The lowest BCUT2D eigenvalue weighted by Crippen LogP contribution is -2.36. The first-order chi connectivity index (χ1) is 8.11. The summed E-state index contributed by atoms with van der Waals surface area (Å²) in [6.07, 6.45) is 0. The molecule has 2 heterocycles. The number of carbonyl (C=O) groups is 1. The van der Waals surface area contributed by atoms with Gasteiger partial charge in [0, 0.05) is 29.0 Å². The monoisotopic (exact) mass is 272 g/mol. The molecule has 1 aliphatic heterocycles. The molecular weight excluding hydrogens is 256 g/mol. The summed E-state index contributed by atoms with van der Waals surface area (Å²) in [5, 5.41) is 1.56. The van der Waals surface area contributed by atoms with Crippen molar-refractivity contribution < 1.29 is 9.53 Å². The molecule has 1 atom stereocenters. The molecule has 0 N–H and O–H groups in total. The number of esters is 1. The van der Waals surface area contributed by atoms with E-state index >= 15 is 0 Å². The first-order valence-electron chi connectivity index (χ1n) is 5.54. The Morgan fingerprint density at radius 3 is 3.00 bits per heavy atom. The van der Waals surface area contributed by atoms with Crippen molar-refractivity contribution in [2.24, 2.45) is 0 Å². The lowest BCUT2D eigenvalue weighted by Gasteiger charge is -2.30. The van der Waals surface area contributed by atoms with E-state index in [-0.39, 0.29) is 5.97 Å². The first-order valence-corrected chi connectivity index (χ1v) is 7.40. The zero-order valence-corrected chi connectivity index (χ0v) is 11.9. The van der Waals surface area contributed by atoms with E-state index in [1.165, 1.54) is 7.11 Å². The van der Waals surface area contributed by atoms with Gasteiger partial charge in [-0.3, -0.25) is 0 Å². The normalized spacial score (nSPS) is 20.4. The van der Waals surface area contributed by atoms with Gasteiger partial charge in [-0.1, -0.05) is 6.92 Å². The van der Waals surface area contributed by atoms with Crippen molar-refractivity contribution in [3.05, 3.63) is 10.6 Å². The number of methoxy groups -OCH3 is 1. The van der Waals surface area contributed by atoms with Crippen LogP contribution in [-0.4, -0.2) is 42.2 Å². The van der Waals surface area contributed by atoms with Crippen molar-refractivity contribution in [1.82, 2.24) is 4.98 Å². The molecule has 1 saturated heterocycles. The lowest BCUT2D eigenvalue weighted by molar-refractivity contribution is 0.0594. The van der Waals surface area contributed by atoms with E-state index in [0.717, 1.165) is 28.9 Å². The fourth-order valence-electron chi connectivity index (χ4n) is 1.80. The molecule has 6 heteroatoms. The molecule has 0 spiro atoms. The fourth-order valence-corrected chi connectivity index (χ4v) is 3.74. The van der Waals surface area contributed by atoms with E-state index in [1.807, 2.05) is 18.7 Å². The molecule has 0 amide bonds. The highest BCUT2D eigenvalue weighted by Gasteiger charge is 2.23. The summed E-state index contributed by atoms with van der Waals surface area (Å²) in [6.45, 7) is 6.13. The third kappa shape index (κ3) is 2.74. The molecule has 2 rings (SSSR count). The van der Waals surface area contributed by atoms with E-state index in [9.17, 15) is 4.79 Å². The molecule has 1 fully saturated rings. The molecule has 0 saturated carbocycles. The van der Waals surface area contributed by atoms with Crippen molar-refractivity contribution in [3.63, 3.8) is 0 Å². The van der Waals surface area contributed by atoms with Gasteiger partial charge < -0.3 is 9.64 Å². The summed E-state index contributed by atoms with van der Waals surface area (Å²) in [4.78, 5) is 19.1. The van der Waals surface area contributed by atoms with Gasteiger partial charge in [0.2, 0.25) is 0 Å². The third-order valence-electron chi connectivity index (χ3n) is 2.68. The lowest BCUT2D eigenvalue weighted by atomic mass is 10.4. The van der Waals surface area contributed by atoms with Crippen LogP contribution in [0.3, 0.4) is 0 Å². The van der Waals surface area contributed by atoms with Gasteiger partial charge in [0.05, 0.1) is 7.11 Å². The van der Waals surface area contributed by atoms with Gasteiger partial charge in [-0.25, -0.2) is 9.78 Å². The summed E-state index contributed by atoms with van der Waals surface area (Å²) >= 11 is 3.55. The summed E-state index contributed by atoms with van der Waals surface area (Å²) < 4.78 is 4.72. The summed E-state index contributed by atoms with van der Waals surface area (Å²) in [6, 6.07) is 0. The number of hydrogen-bond acceptors (Lipinski definition) is 6. The largest absolute Gasteiger partial charge is 0.464 e. The standard InChI is InChI=1S/C11H16N2O2S2/c1-7-6-13(4-5-16-7)11-12-9(8(2)17-11)10(14)15-3/h7H,4-6H2,1-3H3. The average molecular weight is 272 g/mol. The molecule has 1 aromatic rings. The number of anilines is 1. The zero-order valence-electron chi connectivity index (χ0n) is 10.2. The Kier molecular flexibility index (Phi) is 3.93. The van der Waals surface area contributed by atoms with Crippen LogP contribution in [-0.2, 0) is 4.74 Å². The van der Waals surface area contributed by atoms with Crippen LogP contribution in [0, 0.1) is 6.92 Å². The number of hydrogen-bond donors (Lipinski definition) is 0.